The third kappa shape index (κ3) is 4.03. The van der Waals surface area contributed by atoms with Gasteiger partial charge in [0.2, 0.25) is 0 Å². The van der Waals surface area contributed by atoms with Crippen molar-refractivity contribution in [3.8, 4) is 0 Å². The Morgan fingerprint density at radius 3 is 2.93 bits per heavy atom. The van der Waals surface area contributed by atoms with E-state index >= 15 is 0 Å². The second-order valence-electron chi connectivity index (χ2n) is 7.45. The lowest BCUT2D eigenvalue weighted by atomic mass is 10.0. The summed E-state index contributed by atoms with van der Waals surface area (Å²) in [6.07, 6.45) is 4.82. The van der Waals surface area contributed by atoms with Crippen LogP contribution in [0, 0.1) is 6.92 Å². The van der Waals surface area contributed by atoms with Gasteiger partial charge in [0.25, 0.3) is 6.47 Å². The van der Waals surface area contributed by atoms with Crippen LogP contribution in [0.2, 0.25) is 0 Å². The van der Waals surface area contributed by atoms with Crippen LogP contribution in [-0.2, 0) is 16.0 Å². The topological polar surface area (TPSA) is 103 Å². The van der Waals surface area contributed by atoms with Crippen LogP contribution in [0.25, 0.3) is 21.9 Å². The number of aryl methyl sites for hydroxylation is 1. The minimum atomic E-state index is -0.250. The normalized spacial score (nSPS) is 18.9. The molecule has 0 amide bonds. The Hall–Kier alpha value is -2.91. The Labute approximate surface area is 177 Å². The van der Waals surface area contributed by atoms with Gasteiger partial charge in [0.15, 0.2) is 0 Å². The molecule has 8 nitrogen and oxygen atoms in total. The smallest absolute Gasteiger partial charge is 0.290 e. The summed E-state index contributed by atoms with van der Waals surface area (Å²) >= 11 is 1.38. The van der Waals surface area contributed by atoms with E-state index in [2.05, 4.69) is 51.2 Å². The van der Waals surface area contributed by atoms with E-state index < -0.39 is 0 Å². The van der Waals surface area contributed by atoms with Crippen LogP contribution in [0.15, 0.2) is 29.8 Å². The Kier molecular flexibility index (Phi) is 6.01. The fourth-order valence-corrected chi connectivity index (χ4v) is 4.54. The molecule has 0 radical (unpaired) electrons. The molecule has 0 spiro atoms. The highest BCUT2D eigenvalue weighted by Crippen LogP contribution is 2.34. The van der Waals surface area contributed by atoms with Crippen molar-refractivity contribution in [1.29, 1.82) is 0 Å². The Morgan fingerprint density at radius 2 is 2.20 bits per heavy atom. The monoisotopic (exact) mass is 425 g/mol. The number of aromatic nitrogens is 5. The molecule has 4 aromatic rings. The van der Waals surface area contributed by atoms with E-state index in [1.54, 1.807) is 0 Å². The largest absolute Gasteiger partial charge is 0.483 e. The van der Waals surface area contributed by atoms with Crippen LogP contribution in [0.5, 0.6) is 0 Å². The molecule has 0 unspecified atom stereocenters. The summed E-state index contributed by atoms with van der Waals surface area (Å²) in [7, 11) is 0. The lowest BCUT2D eigenvalue weighted by molar-refractivity contribution is -0.122. The van der Waals surface area contributed by atoms with Crippen molar-refractivity contribution in [2.24, 2.45) is 0 Å². The summed E-state index contributed by atoms with van der Waals surface area (Å²) in [6.45, 7) is 4.81. The molecule has 0 saturated carbocycles. The predicted octanol–water partition coefficient (Wildman–Crippen LogP) is 3.78. The lowest BCUT2D eigenvalue weighted by Gasteiger charge is -2.30. The molecule has 1 aliphatic rings. The molecule has 5 rings (SSSR count). The van der Waals surface area contributed by atoms with Crippen LogP contribution >= 0.6 is 11.5 Å². The van der Waals surface area contributed by atoms with E-state index in [9.17, 15) is 0 Å². The van der Waals surface area contributed by atoms with Gasteiger partial charge in [0.1, 0.15) is 11.3 Å². The molecule has 9 heteroatoms. The van der Waals surface area contributed by atoms with Crippen molar-refractivity contribution < 1.29 is 14.6 Å². The highest BCUT2D eigenvalue weighted by molar-refractivity contribution is 7.03. The van der Waals surface area contributed by atoms with Gasteiger partial charge in [-0.05, 0) is 50.4 Å². The fraction of sp³-hybridized carbons (Fsp3) is 0.381. The standard InChI is InChI=1S/C20H21N5OS.CH2O2/c1-12-3-4-17-16(7-12)20-18(10-21-17)22-19(9-14-11-27-24-23-14)25(20)15-5-6-26-13(2)8-15;2-1-3/h3-4,7,10-11,13,15H,5-6,8-9H2,1-2H3;1H,(H,2,3)/t13-,15-;/m1./s1. The van der Waals surface area contributed by atoms with Crippen molar-refractivity contribution in [2.45, 2.75) is 45.3 Å². The minimum Gasteiger partial charge on any atom is -0.483 e. The molecule has 4 heterocycles. The first-order chi connectivity index (χ1) is 14.6. The van der Waals surface area contributed by atoms with Gasteiger partial charge in [-0.1, -0.05) is 16.1 Å². The Morgan fingerprint density at radius 1 is 1.37 bits per heavy atom. The Bertz CT molecular complexity index is 1160. The predicted molar refractivity (Wildman–Crippen MR) is 115 cm³/mol. The number of nitrogens with zero attached hydrogens (tertiary/aromatic N) is 5. The summed E-state index contributed by atoms with van der Waals surface area (Å²) < 4.78 is 12.2. The minimum absolute atomic E-state index is 0.250. The van der Waals surface area contributed by atoms with E-state index in [1.165, 1.54) is 28.0 Å². The molecule has 0 aliphatic carbocycles. The molecule has 2 atom stereocenters. The molecule has 1 N–H and O–H groups in total. The molecular weight excluding hydrogens is 402 g/mol. The lowest BCUT2D eigenvalue weighted by Crippen LogP contribution is -2.26. The van der Waals surface area contributed by atoms with E-state index in [-0.39, 0.29) is 12.6 Å². The van der Waals surface area contributed by atoms with Crippen LogP contribution in [0.3, 0.4) is 0 Å². The van der Waals surface area contributed by atoms with Gasteiger partial charge in [-0.3, -0.25) is 9.78 Å². The summed E-state index contributed by atoms with van der Waals surface area (Å²) in [5, 5.41) is 14.3. The number of hydrogen-bond donors (Lipinski definition) is 1. The summed E-state index contributed by atoms with van der Waals surface area (Å²) in [5.74, 6) is 1.03. The zero-order chi connectivity index (χ0) is 21.1. The van der Waals surface area contributed by atoms with Crippen molar-refractivity contribution in [3.63, 3.8) is 0 Å². The van der Waals surface area contributed by atoms with Crippen LogP contribution in [-0.4, -0.2) is 48.4 Å². The number of carboxylic acid groups (broad SMARTS) is 1. The third-order valence-electron chi connectivity index (χ3n) is 5.31. The van der Waals surface area contributed by atoms with Crippen molar-refractivity contribution >= 4 is 39.9 Å². The van der Waals surface area contributed by atoms with Crippen LogP contribution in [0.1, 0.15) is 42.9 Å². The first-order valence-electron chi connectivity index (χ1n) is 9.82. The molecular formula is C21H23N5O3S. The summed E-state index contributed by atoms with van der Waals surface area (Å²) in [5.41, 5.74) is 5.34. The van der Waals surface area contributed by atoms with Crippen molar-refractivity contribution in [2.75, 3.05) is 6.61 Å². The van der Waals surface area contributed by atoms with Gasteiger partial charge in [-0.15, -0.1) is 5.10 Å². The highest BCUT2D eigenvalue weighted by atomic mass is 32.1. The maximum Gasteiger partial charge on any atom is 0.290 e. The molecule has 156 valence electrons. The average molecular weight is 426 g/mol. The number of ether oxygens (including phenoxy) is 1. The van der Waals surface area contributed by atoms with Gasteiger partial charge in [-0.25, -0.2) is 4.98 Å². The molecule has 1 fully saturated rings. The third-order valence-corrected chi connectivity index (χ3v) is 5.86. The molecule has 1 aromatic carbocycles. The zero-order valence-corrected chi connectivity index (χ0v) is 17.7. The number of hydrogen-bond acceptors (Lipinski definition) is 7. The number of carbonyl (C=O) groups is 1. The van der Waals surface area contributed by atoms with Crippen molar-refractivity contribution in [1.82, 2.24) is 24.1 Å². The van der Waals surface area contributed by atoms with Crippen molar-refractivity contribution in [3.05, 3.63) is 46.9 Å². The second-order valence-corrected chi connectivity index (χ2v) is 8.06. The SMILES string of the molecule is Cc1ccc2ncc3nc(Cc4csnn4)n([C@@H]4CCO[C@H](C)C4)c3c2c1.O=CO. The first kappa shape index (κ1) is 20.4. The number of benzene rings is 1. The zero-order valence-electron chi connectivity index (χ0n) is 16.9. The van der Waals surface area contributed by atoms with E-state index in [4.69, 9.17) is 19.6 Å². The first-order valence-corrected chi connectivity index (χ1v) is 10.7. The highest BCUT2D eigenvalue weighted by Gasteiger charge is 2.26. The number of fused-ring (bicyclic) bond motifs is 3. The Balaban J connectivity index is 0.000000687. The van der Waals surface area contributed by atoms with Crippen LogP contribution < -0.4 is 0 Å². The number of pyridine rings is 1. The fourth-order valence-electron chi connectivity index (χ4n) is 4.09. The molecule has 3 aromatic heterocycles. The van der Waals surface area contributed by atoms with E-state index in [0.29, 0.717) is 12.5 Å². The van der Waals surface area contributed by atoms with Gasteiger partial charge in [-0.2, -0.15) is 0 Å². The quantitative estimate of drug-likeness (QED) is 0.498. The summed E-state index contributed by atoms with van der Waals surface area (Å²) in [6, 6.07) is 6.80. The second kappa shape index (κ2) is 8.85. The molecule has 30 heavy (non-hydrogen) atoms. The van der Waals surface area contributed by atoms with E-state index in [1.807, 2.05) is 11.6 Å². The van der Waals surface area contributed by atoms with Gasteiger partial charge < -0.3 is 14.4 Å². The number of imidazole rings is 1. The maximum absolute atomic E-state index is 8.36. The van der Waals surface area contributed by atoms with Crippen LogP contribution in [0.4, 0.5) is 0 Å². The van der Waals surface area contributed by atoms with Gasteiger partial charge >= 0.3 is 0 Å². The maximum atomic E-state index is 8.36. The average Bonchev–Trinajstić information content (AvgIpc) is 3.36. The summed E-state index contributed by atoms with van der Waals surface area (Å²) in [4.78, 5) is 18.0. The van der Waals surface area contributed by atoms with Gasteiger partial charge in [0.05, 0.1) is 35.4 Å². The van der Waals surface area contributed by atoms with E-state index in [0.717, 1.165) is 42.0 Å². The number of rotatable bonds is 3. The molecule has 1 saturated heterocycles. The molecule has 1 aliphatic heterocycles. The van der Waals surface area contributed by atoms with Gasteiger partial charge in [0, 0.05) is 23.4 Å². The molecule has 0 bridgehead atoms.